The van der Waals surface area contributed by atoms with Crippen molar-refractivity contribution in [1.29, 1.82) is 0 Å². The fraction of sp³-hybridized carbons (Fsp3) is 0.250. The Kier molecular flexibility index (Phi) is 10.5. The minimum Gasteiger partial charge on any atom is -0.480 e. The number of aliphatic imine (C=N–C) groups is 1. The summed E-state index contributed by atoms with van der Waals surface area (Å²) in [6.45, 7) is 5.11. The summed E-state index contributed by atoms with van der Waals surface area (Å²) in [5.74, 6) is -3.21. The zero-order valence-corrected chi connectivity index (χ0v) is 27.7. The summed E-state index contributed by atoms with van der Waals surface area (Å²) < 4.78 is 29.3. The van der Waals surface area contributed by atoms with E-state index in [1.54, 1.807) is 50.4 Å². The number of benzene rings is 3. The van der Waals surface area contributed by atoms with Gasteiger partial charge in [0, 0.05) is 37.6 Å². The van der Waals surface area contributed by atoms with Crippen LogP contribution in [-0.2, 0) is 32.6 Å². The lowest BCUT2D eigenvalue weighted by Gasteiger charge is -2.29. The van der Waals surface area contributed by atoms with Gasteiger partial charge in [0.25, 0.3) is 0 Å². The number of anilines is 1. The predicted molar refractivity (Wildman–Crippen MR) is 183 cm³/mol. The van der Waals surface area contributed by atoms with Crippen LogP contribution in [0.5, 0.6) is 0 Å². The molecule has 0 aliphatic carbocycles. The number of pyridine rings is 1. The van der Waals surface area contributed by atoms with E-state index in [2.05, 4.69) is 20.0 Å². The molecule has 2 atom stereocenters. The largest absolute Gasteiger partial charge is 0.480 e. The number of aromatic nitrogens is 1. The molecule has 0 spiro atoms. The maximum Gasteiger partial charge on any atom is 0.323 e. The number of rotatable bonds is 13. The monoisotopic (exact) mass is 667 g/mol. The number of aryl methyl sites for hydroxylation is 3. The second kappa shape index (κ2) is 14.7. The van der Waals surface area contributed by atoms with Gasteiger partial charge in [0.05, 0.1) is 10.6 Å². The first-order valence-corrected chi connectivity index (χ1v) is 16.9. The highest BCUT2D eigenvalue weighted by Crippen LogP contribution is 2.29. The van der Waals surface area contributed by atoms with Crippen LogP contribution in [0.1, 0.15) is 38.2 Å². The van der Waals surface area contributed by atoms with Crippen molar-refractivity contribution in [3.05, 3.63) is 118 Å². The first-order valence-electron chi connectivity index (χ1n) is 15.4. The Balaban J connectivity index is 1.38. The first kappa shape index (κ1) is 34.1. The minimum absolute atomic E-state index is 0.0117. The van der Waals surface area contributed by atoms with E-state index < -0.39 is 46.2 Å². The van der Waals surface area contributed by atoms with Crippen LogP contribution in [0.3, 0.4) is 0 Å². The maximum absolute atomic E-state index is 14.0. The minimum atomic E-state index is -4.29. The fourth-order valence-electron chi connectivity index (χ4n) is 5.85. The van der Waals surface area contributed by atoms with Crippen LogP contribution in [0.2, 0.25) is 0 Å². The molecule has 1 aliphatic rings. The Morgan fingerprint density at radius 3 is 2.31 bits per heavy atom. The standard InChI is InChI=1S/C36H37N5O6S/c1-23-17-24(2)34(25(3)18-23)48(46,47)40-31(36(44)45)22-41(16-14-26-9-5-4-6-10-26)35(43)29-21-38-30-19-27(12-13-28(30)33(29)42)20-39-32-11-7-8-15-37-32/h4-13,15,17-19,21,29,31,40H,14,16,20,22H2,1-3H3,(H,37,39)(H,44,45). The molecule has 0 bridgehead atoms. The average Bonchev–Trinajstić information content (AvgIpc) is 3.05. The molecule has 0 saturated heterocycles. The molecule has 3 aromatic carbocycles. The lowest BCUT2D eigenvalue weighted by molar-refractivity contribution is -0.140. The lowest BCUT2D eigenvalue weighted by Crippen LogP contribution is -2.52. The van der Waals surface area contributed by atoms with Crippen molar-refractivity contribution in [3.63, 3.8) is 0 Å². The number of Topliss-reactive ketones (excluding diaryl/α,β-unsaturated/α-hetero) is 1. The molecule has 11 nitrogen and oxygen atoms in total. The number of hydrogen-bond acceptors (Lipinski definition) is 8. The van der Waals surface area contributed by atoms with Crippen molar-refractivity contribution in [2.45, 2.75) is 44.7 Å². The van der Waals surface area contributed by atoms with Crippen LogP contribution >= 0.6 is 0 Å². The van der Waals surface area contributed by atoms with E-state index in [-0.39, 0.29) is 17.0 Å². The molecule has 1 aliphatic heterocycles. The summed E-state index contributed by atoms with van der Waals surface area (Å²) >= 11 is 0. The van der Waals surface area contributed by atoms with Crippen molar-refractivity contribution < 1.29 is 27.9 Å². The first-order chi connectivity index (χ1) is 22.9. The third kappa shape index (κ3) is 8.01. The number of nitrogens with one attached hydrogen (secondary N) is 2. The van der Waals surface area contributed by atoms with Gasteiger partial charge in [0.15, 0.2) is 5.78 Å². The van der Waals surface area contributed by atoms with Crippen LogP contribution < -0.4 is 10.0 Å². The molecule has 1 amide bonds. The van der Waals surface area contributed by atoms with Crippen LogP contribution in [0.25, 0.3) is 0 Å². The van der Waals surface area contributed by atoms with Crippen molar-refractivity contribution >= 4 is 45.4 Å². The van der Waals surface area contributed by atoms with Gasteiger partial charge >= 0.3 is 5.97 Å². The van der Waals surface area contributed by atoms with Gasteiger partial charge in [-0.25, -0.2) is 13.4 Å². The quantitative estimate of drug-likeness (QED) is 0.174. The topological polar surface area (TPSA) is 158 Å². The summed E-state index contributed by atoms with van der Waals surface area (Å²) in [6.07, 6.45) is 3.30. The molecule has 5 rings (SSSR count). The Bertz CT molecular complexity index is 1940. The third-order valence-electron chi connectivity index (χ3n) is 8.07. The molecule has 3 N–H and O–H groups in total. The smallest absolute Gasteiger partial charge is 0.323 e. The van der Waals surface area contributed by atoms with Crippen molar-refractivity contribution in [2.75, 3.05) is 18.4 Å². The van der Waals surface area contributed by atoms with E-state index in [1.807, 2.05) is 55.5 Å². The Morgan fingerprint density at radius 1 is 0.938 bits per heavy atom. The highest BCUT2D eigenvalue weighted by Gasteiger charge is 2.37. The van der Waals surface area contributed by atoms with Gasteiger partial charge in [-0.15, -0.1) is 0 Å². The lowest BCUT2D eigenvalue weighted by atomic mass is 9.92. The number of ketones is 1. The SMILES string of the molecule is Cc1cc(C)c(S(=O)(=O)NC(CN(CCc2ccccc2)C(=O)C2C=Nc3cc(CNc4ccccn4)ccc3C2=O)C(=O)O)c(C)c1. The Labute approximate surface area is 279 Å². The highest BCUT2D eigenvalue weighted by molar-refractivity contribution is 7.89. The van der Waals surface area contributed by atoms with Gasteiger partial charge in [-0.1, -0.05) is 60.2 Å². The Morgan fingerprint density at radius 2 is 1.65 bits per heavy atom. The van der Waals surface area contributed by atoms with Gasteiger partial charge in [0.2, 0.25) is 15.9 Å². The van der Waals surface area contributed by atoms with Crippen LogP contribution in [-0.4, -0.2) is 66.4 Å². The van der Waals surface area contributed by atoms with Gasteiger partial charge in [0.1, 0.15) is 17.8 Å². The highest BCUT2D eigenvalue weighted by atomic mass is 32.2. The van der Waals surface area contributed by atoms with Crippen molar-refractivity contribution in [1.82, 2.24) is 14.6 Å². The number of carbonyl (C=O) groups is 3. The predicted octanol–water partition coefficient (Wildman–Crippen LogP) is 4.64. The molecular weight excluding hydrogens is 630 g/mol. The van der Waals surface area contributed by atoms with E-state index >= 15 is 0 Å². The number of carbonyl (C=O) groups excluding carboxylic acids is 2. The van der Waals surface area contributed by atoms with E-state index in [9.17, 15) is 27.9 Å². The molecule has 0 radical (unpaired) electrons. The second-order valence-corrected chi connectivity index (χ2v) is 13.5. The number of carboxylic acid groups (broad SMARTS) is 1. The zero-order valence-electron chi connectivity index (χ0n) is 26.9. The normalized spacial score (nSPS) is 14.6. The van der Waals surface area contributed by atoms with E-state index in [4.69, 9.17) is 0 Å². The summed E-state index contributed by atoms with van der Waals surface area (Å²) in [6, 6.07) is 21.7. The molecule has 0 fully saturated rings. The average molecular weight is 668 g/mol. The number of fused-ring (bicyclic) bond motifs is 1. The van der Waals surface area contributed by atoms with Gasteiger partial charge in [-0.2, -0.15) is 4.72 Å². The van der Waals surface area contributed by atoms with Gasteiger partial charge < -0.3 is 15.3 Å². The van der Waals surface area contributed by atoms with E-state index in [0.717, 1.165) is 16.7 Å². The summed E-state index contributed by atoms with van der Waals surface area (Å²) in [5.41, 5.74) is 4.23. The molecule has 2 unspecified atom stereocenters. The summed E-state index contributed by atoms with van der Waals surface area (Å²) in [5, 5.41) is 13.4. The molecule has 48 heavy (non-hydrogen) atoms. The van der Waals surface area contributed by atoms with E-state index in [0.29, 0.717) is 35.6 Å². The molecule has 4 aromatic rings. The van der Waals surface area contributed by atoms with Gasteiger partial charge in [-0.05, 0) is 73.7 Å². The summed E-state index contributed by atoms with van der Waals surface area (Å²) in [7, 11) is -4.29. The number of hydrogen-bond donors (Lipinski definition) is 3. The van der Waals surface area contributed by atoms with Crippen molar-refractivity contribution in [2.24, 2.45) is 10.9 Å². The Hall–Kier alpha value is -5.20. The van der Waals surface area contributed by atoms with Crippen LogP contribution in [0.4, 0.5) is 11.5 Å². The third-order valence-corrected chi connectivity index (χ3v) is 9.85. The number of carboxylic acids is 1. The number of amides is 1. The van der Waals surface area contributed by atoms with E-state index in [1.165, 1.54) is 11.1 Å². The number of aliphatic carboxylic acids is 1. The molecule has 2 heterocycles. The summed E-state index contributed by atoms with van der Waals surface area (Å²) in [4.78, 5) is 50.1. The van der Waals surface area contributed by atoms with Crippen molar-refractivity contribution in [3.8, 4) is 0 Å². The molecular formula is C36H37N5O6S. The molecule has 1 aromatic heterocycles. The second-order valence-electron chi connectivity index (χ2n) is 11.8. The van der Waals surface area contributed by atoms with Gasteiger partial charge in [-0.3, -0.25) is 19.4 Å². The fourth-order valence-corrected chi connectivity index (χ4v) is 7.48. The maximum atomic E-state index is 14.0. The van der Waals surface area contributed by atoms with Crippen LogP contribution in [0, 0.1) is 26.7 Å². The molecule has 248 valence electrons. The number of sulfonamides is 1. The molecule has 12 heteroatoms. The number of nitrogens with zero attached hydrogens (tertiary/aromatic N) is 3. The molecule has 0 saturated carbocycles. The van der Waals surface area contributed by atoms with Crippen LogP contribution in [0.15, 0.2) is 94.9 Å². The zero-order chi connectivity index (χ0) is 34.4.